The third-order valence-electron chi connectivity index (χ3n) is 5.04. The number of hydrogen-bond acceptors (Lipinski definition) is 4. The fraction of sp³-hybridized carbons (Fsp3) is 0.455. The molecule has 2 aromatic rings. The minimum absolute atomic E-state index is 0.0884. The van der Waals surface area contributed by atoms with E-state index in [2.05, 4.69) is 36.3 Å². The molecule has 0 unspecified atom stereocenters. The largest absolute Gasteiger partial charge is 0.371 e. The first kappa shape index (κ1) is 20.4. The van der Waals surface area contributed by atoms with Crippen LogP contribution in [0.5, 0.6) is 0 Å². The molecule has 1 fully saturated rings. The summed E-state index contributed by atoms with van der Waals surface area (Å²) in [6.07, 6.45) is 2.26. The van der Waals surface area contributed by atoms with Crippen LogP contribution in [0.1, 0.15) is 53.6 Å². The minimum Gasteiger partial charge on any atom is -0.371 e. The maximum atomic E-state index is 12.9. The molecule has 1 aromatic carbocycles. The van der Waals surface area contributed by atoms with Gasteiger partial charge in [0.25, 0.3) is 11.8 Å². The molecule has 0 bridgehead atoms. The van der Waals surface area contributed by atoms with Crippen molar-refractivity contribution in [2.24, 2.45) is 11.8 Å². The van der Waals surface area contributed by atoms with E-state index in [-0.39, 0.29) is 11.8 Å². The molecule has 0 radical (unpaired) electrons. The summed E-state index contributed by atoms with van der Waals surface area (Å²) in [5.41, 5.74) is 2.21. The van der Waals surface area contributed by atoms with E-state index < -0.39 is 0 Å². The molecule has 2 N–H and O–H groups in total. The van der Waals surface area contributed by atoms with E-state index in [4.69, 9.17) is 0 Å². The standard InChI is InChI=1S/C22H29N3O2S/c1-15(2)14-23-21(26)18-13-17(24-22(27)20-5-4-12-28-20)6-7-19(18)25-10-8-16(3)9-11-25/h4-7,12-13,15-16H,8-11,14H2,1-3H3,(H,23,26)(H,24,27). The molecule has 0 saturated carbocycles. The molecule has 1 aliphatic heterocycles. The average Bonchev–Trinajstić information content (AvgIpc) is 3.22. The third-order valence-corrected chi connectivity index (χ3v) is 5.91. The predicted octanol–water partition coefficient (Wildman–Crippen LogP) is 4.62. The minimum atomic E-state index is -0.150. The first-order valence-corrected chi connectivity index (χ1v) is 10.8. The number of carbonyl (C=O) groups excluding carboxylic acids is 2. The Morgan fingerprint density at radius 1 is 1.18 bits per heavy atom. The van der Waals surface area contributed by atoms with E-state index in [0.29, 0.717) is 28.6 Å². The highest BCUT2D eigenvalue weighted by Gasteiger charge is 2.22. The molecule has 0 spiro atoms. The van der Waals surface area contributed by atoms with Crippen molar-refractivity contribution in [1.29, 1.82) is 0 Å². The molecule has 2 amide bonds. The summed E-state index contributed by atoms with van der Waals surface area (Å²) in [5.74, 6) is 0.862. The number of nitrogens with one attached hydrogen (secondary N) is 2. The Morgan fingerprint density at radius 3 is 2.57 bits per heavy atom. The van der Waals surface area contributed by atoms with Crippen LogP contribution >= 0.6 is 11.3 Å². The Morgan fingerprint density at radius 2 is 1.93 bits per heavy atom. The van der Waals surface area contributed by atoms with Crippen LogP contribution in [0.25, 0.3) is 0 Å². The summed E-state index contributed by atoms with van der Waals surface area (Å²) in [7, 11) is 0. The lowest BCUT2D eigenvalue weighted by atomic mass is 9.97. The molecule has 1 aliphatic rings. The van der Waals surface area contributed by atoms with Gasteiger partial charge in [-0.05, 0) is 54.3 Å². The van der Waals surface area contributed by atoms with Crippen molar-refractivity contribution in [1.82, 2.24) is 5.32 Å². The van der Waals surface area contributed by atoms with Gasteiger partial charge in [-0.15, -0.1) is 11.3 Å². The van der Waals surface area contributed by atoms with Gasteiger partial charge < -0.3 is 15.5 Å². The molecule has 2 heterocycles. The molecule has 0 atom stereocenters. The highest BCUT2D eigenvalue weighted by Crippen LogP contribution is 2.29. The lowest BCUT2D eigenvalue weighted by Gasteiger charge is -2.33. The van der Waals surface area contributed by atoms with Gasteiger partial charge in [-0.25, -0.2) is 0 Å². The number of benzene rings is 1. The number of amides is 2. The van der Waals surface area contributed by atoms with Crippen LogP contribution in [-0.2, 0) is 0 Å². The third kappa shape index (κ3) is 5.13. The Labute approximate surface area is 171 Å². The van der Waals surface area contributed by atoms with Crippen LogP contribution in [0.15, 0.2) is 35.7 Å². The molecule has 5 nitrogen and oxygen atoms in total. The van der Waals surface area contributed by atoms with Crippen molar-refractivity contribution in [2.75, 3.05) is 29.9 Å². The molecule has 28 heavy (non-hydrogen) atoms. The molecule has 6 heteroatoms. The van der Waals surface area contributed by atoms with Gasteiger partial charge >= 0.3 is 0 Å². The number of piperidine rings is 1. The quantitative estimate of drug-likeness (QED) is 0.745. The van der Waals surface area contributed by atoms with E-state index in [1.54, 1.807) is 12.1 Å². The van der Waals surface area contributed by atoms with Gasteiger partial charge in [0.2, 0.25) is 0 Å². The van der Waals surface area contributed by atoms with Crippen molar-refractivity contribution in [3.05, 3.63) is 46.2 Å². The fourth-order valence-electron chi connectivity index (χ4n) is 3.31. The maximum absolute atomic E-state index is 12.9. The molecule has 1 saturated heterocycles. The first-order valence-electron chi connectivity index (χ1n) is 9.96. The van der Waals surface area contributed by atoms with Gasteiger partial charge in [0.05, 0.1) is 10.4 Å². The lowest BCUT2D eigenvalue weighted by molar-refractivity contribution is 0.0948. The molecule has 150 valence electrons. The van der Waals surface area contributed by atoms with Gasteiger partial charge in [0, 0.05) is 31.0 Å². The summed E-state index contributed by atoms with van der Waals surface area (Å²) >= 11 is 1.40. The Kier molecular flexibility index (Phi) is 6.73. The maximum Gasteiger partial charge on any atom is 0.265 e. The second kappa shape index (κ2) is 9.24. The summed E-state index contributed by atoms with van der Waals surface area (Å²) in [6.45, 7) is 8.95. The number of nitrogens with zero attached hydrogens (tertiary/aromatic N) is 1. The zero-order valence-electron chi connectivity index (χ0n) is 16.8. The van der Waals surface area contributed by atoms with Crippen molar-refractivity contribution in [3.8, 4) is 0 Å². The monoisotopic (exact) mass is 399 g/mol. The average molecular weight is 400 g/mol. The summed E-state index contributed by atoms with van der Waals surface area (Å²) in [5, 5.41) is 7.81. The first-order chi connectivity index (χ1) is 13.4. The van der Waals surface area contributed by atoms with Gasteiger partial charge in [-0.3, -0.25) is 9.59 Å². The topological polar surface area (TPSA) is 61.4 Å². The molecular weight excluding hydrogens is 370 g/mol. The Balaban J connectivity index is 1.84. The van der Waals surface area contributed by atoms with Gasteiger partial charge in [0.15, 0.2) is 0 Å². The highest BCUT2D eigenvalue weighted by molar-refractivity contribution is 7.12. The van der Waals surface area contributed by atoms with E-state index in [0.717, 1.165) is 37.5 Å². The fourth-order valence-corrected chi connectivity index (χ4v) is 3.93. The zero-order chi connectivity index (χ0) is 20.1. The zero-order valence-corrected chi connectivity index (χ0v) is 17.6. The summed E-state index contributed by atoms with van der Waals surface area (Å²) in [6, 6.07) is 9.29. The van der Waals surface area contributed by atoms with E-state index in [1.807, 2.05) is 23.6 Å². The molecule has 1 aromatic heterocycles. The Bertz CT molecular complexity index is 809. The van der Waals surface area contributed by atoms with Crippen LogP contribution in [0, 0.1) is 11.8 Å². The summed E-state index contributed by atoms with van der Waals surface area (Å²) < 4.78 is 0. The van der Waals surface area contributed by atoms with Crippen LogP contribution in [0.4, 0.5) is 11.4 Å². The number of hydrogen-bond donors (Lipinski definition) is 2. The van der Waals surface area contributed by atoms with E-state index in [9.17, 15) is 9.59 Å². The normalized spacial score (nSPS) is 14.9. The van der Waals surface area contributed by atoms with Crippen molar-refractivity contribution < 1.29 is 9.59 Å². The smallest absolute Gasteiger partial charge is 0.265 e. The molecule has 3 rings (SSSR count). The lowest BCUT2D eigenvalue weighted by Crippen LogP contribution is -2.35. The number of rotatable bonds is 6. The number of carbonyl (C=O) groups is 2. The second-order valence-corrected chi connectivity index (χ2v) is 8.88. The van der Waals surface area contributed by atoms with Crippen molar-refractivity contribution in [2.45, 2.75) is 33.6 Å². The summed E-state index contributed by atoms with van der Waals surface area (Å²) in [4.78, 5) is 28.2. The van der Waals surface area contributed by atoms with Crippen LogP contribution < -0.4 is 15.5 Å². The van der Waals surface area contributed by atoms with Crippen LogP contribution in [0.2, 0.25) is 0 Å². The second-order valence-electron chi connectivity index (χ2n) is 7.94. The molecule has 0 aliphatic carbocycles. The van der Waals surface area contributed by atoms with Crippen LogP contribution in [0.3, 0.4) is 0 Å². The van der Waals surface area contributed by atoms with Gasteiger partial charge in [-0.1, -0.05) is 26.8 Å². The highest BCUT2D eigenvalue weighted by atomic mass is 32.1. The van der Waals surface area contributed by atoms with Crippen molar-refractivity contribution in [3.63, 3.8) is 0 Å². The Hall–Kier alpha value is -2.34. The predicted molar refractivity (Wildman–Crippen MR) is 116 cm³/mol. The number of anilines is 2. The van der Waals surface area contributed by atoms with Crippen LogP contribution in [-0.4, -0.2) is 31.4 Å². The van der Waals surface area contributed by atoms with E-state index >= 15 is 0 Å². The van der Waals surface area contributed by atoms with Crippen molar-refractivity contribution >= 4 is 34.5 Å². The number of thiophene rings is 1. The van der Waals surface area contributed by atoms with Gasteiger partial charge in [0.1, 0.15) is 0 Å². The van der Waals surface area contributed by atoms with E-state index in [1.165, 1.54) is 11.3 Å². The SMILES string of the molecule is CC(C)CNC(=O)c1cc(NC(=O)c2cccs2)ccc1N1CCC(C)CC1. The molecular formula is C22H29N3O2S. The van der Waals surface area contributed by atoms with Gasteiger partial charge in [-0.2, -0.15) is 0 Å².